The van der Waals surface area contributed by atoms with Crippen LogP contribution in [0.3, 0.4) is 0 Å². The first kappa shape index (κ1) is 23.7. The molecule has 28 heavy (non-hydrogen) atoms. The molecule has 0 aromatic carbocycles. The van der Waals surface area contributed by atoms with Crippen molar-refractivity contribution in [3.63, 3.8) is 0 Å². The molecule has 2 saturated heterocycles. The summed E-state index contributed by atoms with van der Waals surface area (Å²) in [4.78, 5) is 17.6. The first-order chi connectivity index (χ1) is 13.4. The van der Waals surface area contributed by atoms with E-state index in [9.17, 15) is 4.79 Å². The largest absolute Gasteiger partial charge is 0.342 e. The van der Waals surface area contributed by atoms with Crippen molar-refractivity contribution < 1.29 is 4.79 Å². The Morgan fingerprint density at radius 1 is 1.00 bits per heavy atom. The van der Waals surface area contributed by atoms with E-state index in [-0.39, 0.29) is 5.92 Å². The van der Waals surface area contributed by atoms with E-state index in [1.54, 1.807) is 0 Å². The monoisotopic (exact) mass is 392 g/mol. The van der Waals surface area contributed by atoms with E-state index in [1.165, 1.54) is 83.8 Å². The number of rotatable bonds is 12. The van der Waals surface area contributed by atoms with E-state index < -0.39 is 0 Å². The Morgan fingerprint density at radius 2 is 1.64 bits per heavy atom. The summed E-state index contributed by atoms with van der Waals surface area (Å²) in [6, 6.07) is 0. The van der Waals surface area contributed by atoms with Crippen molar-refractivity contribution in [1.82, 2.24) is 9.80 Å². The third-order valence-corrected chi connectivity index (χ3v) is 8.13. The Hall–Kier alpha value is -0.570. The minimum Gasteiger partial charge on any atom is -0.342 e. The summed E-state index contributed by atoms with van der Waals surface area (Å²) >= 11 is 0. The second kappa shape index (κ2) is 11.0. The van der Waals surface area contributed by atoms with Gasteiger partial charge in [0, 0.05) is 32.1 Å². The maximum absolute atomic E-state index is 12.8. The fraction of sp³-hybridized carbons (Fsp3) is 0.960. The standard InChI is InChI=1S/C25H48N2O/c1-6-9-10-11-13-22(4)23(28)27-18-15-25(16-19-27)20-26(21-25)17-12-14-24(5,7-2)8-3/h22H,6-21H2,1-5H3. The molecule has 2 rings (SSSR count). The molecule has 3 heteroatoms. The minimum atomic E-state index is 0.218. The number of amides is 1. The second-order valence-corrected chi connectivity index (χ2v) is 10.4. The van der Waals surface area contributed by atoms with Gasteiger partial charge >= 0.3 is 0 Å². The van der Waals surface area contributed by atoms with Gasteiger partial charge in [0.15, 0.2) is 0 Å². The van der Waals surface area contributed by atoms with Crippen LogP contribution in [0, 0.1) is 16.7 Å². The van der Waals surface area contributed by atoms with E-state index in [2.05, 4.69) is 44.4 Å². The van der Waals surface area contributed by atoms with Gasteiger partial charge < -0.3 is 9.80 Å². The first-order valence-corrected chi connectivity index (χ1v) is 12.4. The van der Waals surface area contributed by atoms with Crippen LogP contribution in [0.1, 0.15) is 105 Å². The number of carbonyl (C=O) groups is 1. The van der Waals surface area contributed by atoms with Crippen LogP contribution in [-0.4, -0.2) is 48.4 Å². The molecule has 0 N–H and O–H groups in total. The molecule has 2 aliphatic rings. The maximum atomic E-state index is 12.8. The molecule has 3 nitrogen and oxygen atoms in total. The van der Waals surface area contributed by atoms with Gasteiger partial charge in [-0.15, -0.1) is 0 Å². The highest BCUT2D eigenvalue weighted by molar-refractivity contribution is 5.78. The molecule has 2 heterocycles. The van der Waals surface area contributed by atoms with E-state index in [1.807, 2.05) is 0 Å². The average molecular weight is 393 g/mol. The second-order valence-electron chi connectivity index (χ2n) is 10.4. The lowest BCUT2D eigenvalue weighted by molar-refractivity contribution is -0.140. The van der Waals surface area contributed by atoms with Crippen LogP contribution in [0.2, 0.25) is 0 Å². The minimum absolute atomic E-state index is 0.218. The zero-order chi connectivity index (χ0) is 20.6. The van der Waals surface area contributed by atoms with Crippen molar-refractivity contribution in [2.75, 3.05) is 32.7 Å². The van der Waals surface area contributed by atoms with Crippen molar-refractivity contribution in [2.24, 2.45) is 16.7 Å². The zero-order valence-electron chi connectivity index (χ0n) is 19.7. The Bertz CT molecular complexity index is 455. The fourth-order valence-corrected chi connectivity index (χ4v) is 5.22. The van der Waals surface area contributed by atoms with Crippen LogP contribution in [0.15, 0.2) is 0 Å². The van der Waals surface area contributed by atoms with Crippen molar-refractivity contribution in [2.45, 2.75) is 105 Å². The number of carbonyl (C=O) groups excluding carboxylic acids is 1. The van der Waals surface area contributed by atoms with Crippen LogP contribution >= 0.6 is 0 Å². The van der Waals surface area contributed by atoms with Gasteiger partial charge in [-0.3, -0.25) is 4.79 Å². The van der Waals surface area contributed by atoms with E-state index >= 15 is 0 Å². The Labute approximate surface area is 175 Å². The third kappa shape index (κ3) is 6.47. The van der Waals surface area contributed by atoms with Crippen molar-refractivity contribution in [3.8, 4) is 0 Å². The number of unbranched alkanes of at least 4 members (excludes halogenated alkanes) is 3. The Kier molecular flexibility index (Phi) is 9.31. The highest BCUT2D eigenvalue weighted by Crippen LogP contribution is 2.41. The Balaban J connectivity index is 1.63. The number of hydrogen-bond acceptors (Lipinski definition) is 2. The van der Waals surface area contributed by atoms with Crippen LogP contribution in [0.25, 0.3) is 0 Å². The number of piperidine rings is 1. The molecule has 0 aliphatic carbocycles. The maximum Gasteiger partial charge on any atom is 0.225 e. The van der Waals surface area contributed by atoms with Crippen LogP contribution in [0.4, 0.5) is 0 Å². The molecule has 0 aromatic heterocycles. The topological polar surface area (TPSA) is 23.6 Å². The molecule has 0 bridgehead atoms. The van der Waals surface area contributed by atoms with Gasteiger partial charge in [-0.2, -0.15) is 0 Å². The number of likely N-dealkylation sites (tertiary alicyclic amines) is 2. The number of hydrogen-bond donors (Lipinski definition) is 0. The highest BCUT2D eigenvalue weighted by Gasteiger charge is 2.45. The van der Waals surface area contributed by atoms with E-state index in [0.29, 0.717) is 16.7 Å². The lowest BCUT2D eigenvalue weighted by Crippen LogP contribution is -2.61. The first-order valence-electron chi connectivity index (χ1n) is 12.4. The molecule has 1 spiro atoms. The van der Waals surface area contributed by atoms with Gasteiger partial charge in [0.05, 0.1) is 0 Å². The zero-order valence-corrected chi connectivity index (χ0v) is 19.7. The smallest absolute Gasteiger partial charge is 0.225 e. The summed E-state index contributed by atoms with van der Waals surface area (Å²) < 4.78 is 0. The summed E-state index contributed by atoms with van der Waals surface area (Å²) in [6.45, 7) is 17.3. The average Bonchev–Trinajstić information content (AvgIpc) is 2.69. The lowest BCUT2D eigenvalue weighted by atomic mass is 9.71. The van der Waals surface area contributed by atoms with Crippen LogP contribution < -0.4 is 0 Å². The quantitative estimate of drug-likeness (QED) is 0.373. The number of nitrogens with zero attached hydrogens (tertiary/aromatic N) is 2. The Morgan fingerprint density at radius 3 is 2.21 bits per heavy atom. The van der Waals surface area contributed by atoms with Gasteiger partial charge in [-0.05, 0) is 49.5 Å². The lowest BCUT2D eigenvalue weighted by Gasteiger charge is -2.54. The van der Waals surface area contributed by atoms with Crippen molar-refractivity contribution >= 4 is 5.91 Å². The molecular weight excluding hydrogens is 344 g/mol. The molecule has 0 radical (unpaired) electrons. The summed E-state index contributed by atoms with van der Waals surface area (Å²) in [5, 5.41) is 0. The molecule has 1 atom stereocenters. The summed E-state index contributed by atoms with van der Waals surface area (Å²) in [5.41, 5.74) is 1.07. The summed E-state index contributed by atoms with van der Waals surface area (Å²) in [6.07, 6.45) is 13.9. The SMILES string of the molecule is CCCCCCC(C)C(=O)N1CCC2(CC1)CN(CCCC(C)(CC)CC)C2. The summed E-state index contributed by atoms with van der Waals surface area (Å²) in [7, 11) is 0. The molecular formula is C25H48N2O. The molecule has 1 amide bonds. The predicted octanol–water partition coefficient (Wildman–Crippen LogP) is 6.12. The third-order valence-electron chi connectivity index (χ3n) is 8.13. The highest BCUT2D eigenvalue weighted by atomic mass is 16.2. The van der Waals surface area contributed by atoms with Crippen LogP contribution in [-0.2, 0) is 4.79 Å². The molecule has 0 saturated carbocycles. The van der Waals surface area contributed by atoms with Gasteiger partial charge in [0.25, 0.3) is 0 Å². The van der Waals surface area contributed by atoms with Gasteiger partial charge in [0.2, 0.25) is 5.91 Å². The fourth-order valence-electron chi connectivity index (χ4n) is 5.22. The van der Waals surface area contributed by atoms with Gasteiger partial charge in [0.1, 0.15) is 0 Å². The molecule has 164 valence electrons. The van der Waals surface area contributed by atoms with Crippen molar-refractivity contribution in [3.05, 3.63) is 0 Å². The summed E-state index contributed by atoms with van der Waals surface area (Å²) in [5.74, 6) is 0.635. The molecule has 1 unspecified atom stereocenters. The van der Waals surface area contributed by atoms with Crippen molar-refractivity contribution in [1.29, 1.82) is 0 Å². The van der Waals surface area contributed by atoms with Gasteiger partial charge in [-0.25, -0.2) is 0 Å². The molecule has 2 fully saturated rings. The molecule has 2 aliphatic heterocycles. The van der Waals surface area contributed by atoms with Gasteiger partial charge in [-0.1, -0.05) is 73.1 Å². The van der Waals surface area contributed by atoms with Crippen LogP contribution in [0.5, 0.6) is 0 Å². The normalized spacial score (nSPS) is 21.0. The van der Waals surface area contributed by atoms with E-state index in [4.69, 9.17) is 0 Å². The molecule has 0 aromatic rings. The van der Waals surface area contributed by atoms with E-state index in [0.717, 1.165) is 19.5 Å². The predicted molar refractivity (Wildman–Crippen MR) is 121 cm³/mol.